The number of nitrogens with one attached hydrogen (secondary N) is 1. The first-order chi connectivity index (χ1) is 9.23. The molecular weight excluding hydrogens is 240 g/mol. The molecule has 0 radical (unpaired) electrons. The second-order valence-electron chi connectivity index (χ2n) is 6.07. The van der Waals surface area contributed by atoms with Gasteiger partial charge in [-0.05, 0) is 51.5 Å². The van der Waals surface area contributed by atoms with E-state index in [0.717, 1.165) is 64.6 Å². The second kappa shape index (κ2) is 6.71. The van der Waals surface area contributed by atoms with Crippen molar-refractivity contribution < 1.29 is 9.90 Å². The number of carbonyl (C=O) groups is 1. The minimum atomic E-state index is -0.167. The van der Waals surface area contributed by atoms with Crippen molar-refractivity contribution in [2.45, 2.75) is 57.9 Å². The van der Waals surface area contributed by atoms with Crippen LogP contribution in [0.2, 0.25) is 0 Å². The average Bonchev–Trinajstić information content (AvgIpc) is 2.93. The SMILES string of the molecule is CCC1(C(=O)N2CCCC2CCCO)CCCNC1. The van der Waals surface area contributed by atoms with E-state index in [1.807, 2.05) is 0 Å². The normalized spacial score (nSPS) is 31.7. The quantitative estimate of drug-likeness (QED) is 0.795. The van der Waals surface area contributed by atoms with Crippen molar-refractivity contribution in [2.75, 3.05) is 26.2 Å². The lowest BCUT2D eigenvalue weighted by Crippen LogP contribution is -2.52. The van der Waals surface area contributed by atoms with Gasteiger partial charge in [0.25, 0.3) is 0 Å². The van der Waals surface area contributed by atoms with Crippen LogP contribution in [0.25, 0.3) is 0 Å². The summed E-state index contributed by atoms with van der Waals surface area (Å²) in [6, 6.07) is 0.366. The predicted molar refractivity (Wildman–Crippen MR) is 75.9 cm³/mol. The molecule has 4 heteroatoms. The van der Waals surface area contributed by atoms with Crippen LogP contribution >= 0.6 is 0 Å². The maximum atomic E-state index is 13.0. The van der Waals surface area contributed by atoms with E-state index in [9.17, 15) is 4.79 Å². The Morgan fingerprint density at radius 2 is 2.32 bits per heavy atom. The van der Waals surface area contributed by atoms with E-state index in [4.69, 9.17) is 5.11 Å². The number of carbonyl (C=O) groups excluding carboxylic acids is 1. The molecule has 0 aromatic carbocycles. The van der Waals surface area contributed by atoms with Crippen molar-refractivity contribution in [2.24, 2.45) is 5.41 Å². The summed E-state index contributed by atoms with van der Waals surface area (Å²) in [7, 11) is 0. The lowest BCUT2D eigenvalue weighted by molar-refractivity contribution is -0.144. The molecule has 2 saturated heterocycles. The molecule has 2 fully saturated rings. The highest BCUT2D eigenvalue weighted by Gasteiger charge is 2.43. The van der Waals surface area contributed by atoms with Gasteiger partial charge in [-0.25, -0.2) is 0 Å². The van der Waals surface area contributed by atoms with E-state index in [-0.39, 0.29) is 12.0 Å². The zero-order valence-electron chi connectivity index (χ0n) is 12.2. The molecule has 2 aliphatic heterocycles. The summed E-state index contributed by atoms with van der Waals surface area (Å²) in [4.78, 5) is 15.1. The fraction of sp³-hybridized carbons (Fsp3) is 0.933. The van der Waals surface area contributed by atoms with Gasteiger partial charge in [-0.15, -0.1) is 0 Å². The van der Waals surface area contributed by atoms with E-state index in [0.29, 0.717) is 11.9 Å². The first kappa shape index (κ1) is 14.8. The summed E-state index contributed by atoms with van der Waals surface area (Å²) in [5.74, 6) is 0.364. The number of piperidine rings is 1. The third-order valence-corrected chi connectivity index (χ3v) is 4.94. The molecule has 2 heterocycles. The van der Waals surface area contributed by atoms with Crippen LogP contribution in [-0.4, -0.2) is 48.2 Å². The number of hydrogen-bond donors (Lipinski definition) is 2. The van der Waals surface area contributed by atoms with Crippen molar-refractivity contribution in [3.05, 3.63) is 0 Å². The Kier molecular flexibility index (Phi) is 5.22. The lowest BCUT2D eigenvalue weighted by Gasteiger charge is -2.40. The van der Waals surface area contributed by atoms with Crippen molar-refractivity contribution in [3.63, 3.8) is 0 Å². The van der Waals surface area contributed by atoms with E-state index in [1.165, 1.54) is 0 Å². The number of nitrogens with zero attached hydrogens (tertiary/aromatic N) is 1. The summed E-state index contributed by atoms with van der Waals surface area (Å²) in [5, 5.41) is 12.4. The molecular formula is C15H28N2O2. The zero-order chi connectivity index (χ0) is 13.7. The molecule has 110 valence electrons. The van der Waals surface area contributed by atoms with E-state index >= 15 is 0 Å². The fourth-order valence-electron chi connectivity index (χ4n) is 3.64. The minimum absolute atomic E-state index is 0.167. The van der Waals surface area contributed by atoms with Crippen LogP contribution in [0, 0.1) is 5.41 Å². The Balaban J connectivity index is 2.03. The Labute approximate surface area is 116 Å². The average molecular weight is 268 g/mol. The first-order valence-electron chi connectivity index (χ1n) is 7.86. The molecule has 0 aromatic heterocycles. The van der Waals surface area contributed by atoms with Crippen molar-refractivity contribution in [3.8, 4) is 0 Å². The molecule has 19 heavy (non-hydrogen) atoms. The smallest absolute Gasteiger partial charge is 0.230 e. The van der Waals surface area contributed by atoms with Crippen LogP contribution < -0.4 is 5.32 Å². The van der Waals surface area contributed by atoms with E-state index in [2.05, 4.69) is 17.1 Å². The highest BCUT2D eigenvalue weighted by atomic mass is 16.3. The Morgan fingerprint density at radius 1 is 1.47 bits per heavy atom. The number of rotatable bonds is 5. The molecule has 2 unspecified atom stereocenters. The molecule has 2 atom stereocenters. The number of aliphatic hydroxyl groups is 1. The molecule has 0 saturated carbocycles. The first-order valence-corrected chi connectivity index (χ1v) is 7.86. The Bertz CT molecular complexity index is 301. The molecule has 2 N–H and O–H groups in total. The Morgan fingerprint density at radius 3 is 2.95 bits per heavy atom. The summed E-state index contributed by atoms with van der Waals surface area (Å²) < 4.78 is 0. The van der Waals surface area contributed by atoms with Crippen LogP contribution in [-0.2, 0) is 4.79 Å². The van der Waals surface area contributed by atoms with Gasteiger partial charge in [-0.2, -0.15) is 0 Å². The van der Waals surface area contributed by atoms with Crippen molar-refractivity contribution >= 4 is 5.91 Å². The minimum Gasteiger partial charge on any atom is -0.396 e. The number of hydrogen-bond acceptors (Lipinski definition) is 3. The fourth-order valence-corrected chi connectivity index (χ4v) is 3.64. The summed E-state index contributed by atoms with van der Waals surface area (Å²) in [6.07, 6.45) is 7.06. The second-order valence-corrected chi connectivity index (χ2v) is 6.07. The number of likely N-dealkylation sites (tertiary alicyclic amines) is 1. The summed E-state index contributed by atoms with van der Waals surface area (Å²) in [6.45, 7) is 5.17. The molecule has 0 bridgehead atoms. The van der Waals surface area contributed by atoms with Gasteiger partial charge in [-0.1, -0.05) is 6.92 Å². The van der Waals surface area contributed by atoms with Gasteiger partial charge in [0.1, 0.15) is 0 Å². The zero-order valence-corrected chi connectivity index (χ0v) is 12.2. The largest absolute Gasteiger partial charge is 0.396 e. The monoisotopic (exact) mass is 268 g/mol. The van der Waals surface area contributed by atoms with Crippen LogP contribution in [0.1, 0.15) is 51.9 Å². The molecule has 0 aliphatic carbocycles. The highest BCUT2D eigenvalue weighted by Crippen LogP contribution is 2.35. The number of aliphatic hydroxyl groups excluding tert-OH is 1. The van der Waals surface area contributed by atoms with Crippen LogP contribution in [0.3, 0.4) is 0 Å². The topological polar surface area (TPSA) is 52.6 Å². The molecule has 0 aromatic rings. The van der Waals surface area contributed by atoms with Gasteiger partial charge in [0.2, 0.25) is 5.91 Å². The van der Waals surface area contributed by atoms with E-state index in [1.54, 1.807) is 0 Å². The van der Waals surface area contributed by atoms with Gasteiger partial charge in [0.15, 0.2) is 0 Å². The summed E-state index contributed by atoms with van der Waals surface area (Å²) >= 11 is 0. The van der Waals surface area contributed by atoms with Crippen LogP contribution in [0.15, 0.2) is 0 Å². The Hall–Kier alpha value is -0.610. The third-order valence-electron chi connectivity index (χ3n) is 4.94. The summed E-state index contributed by atoms with van der Waals surface area (Å²) in [5.41, 5.74) is -0.167. The van der Waals surface area contributed by atoms with Gasteiger partial charge in [0, 0.05) is 25.7 Å². The van der Waals surface area contributed by atoms with Gasteiger partial charge < -0.3 is 15.3 Å². The van der Waals surface area contributed by atoms with Crippen LogP contribution in [0.5, 0.6) is 0 Å². The van der Waals surface area contributed by atoms with Gasteiger partial charge in [0.05, 0.1) is 5.41 Å². The van der Waals surface area contributed by atoms with Crippen molar-refractivity contribution in [1.82, 2.24) is 10.2 Å². The maximum absolute atomic E-state index is 13.0. The highest BCUT2D eigenvalue weighted by molar-refractivity contribution is 5.83. The van der Waals surface area contributed by atoms with Gasteiger partial charge >= 0.3 is 0 Å². The standard InChI is InChI=1S/C15H28N2O2/c1-2-15(8-5-9-16-12-15)14(19)17-10-3-6-13(17)7-4-11-18/h13,16,18H,2-12H2,1H3. The molecule has 0 spiro atoms. The van der Waals surface area contributed by atoms with E-state index < -0.39 is 0 Å². The van der Waals surface area contributed by atoms with Crippen molar-refractivity contribution in [1.29, 1.82) is 0 Å². The lowest BCUT2D eigenvalue weighted by atomic mass is 9.77. The molecule has 2 rings (SSSR count). The molecule has 1 amide bonds. The van der Waals surface area contributed by atoms with Gasteiger partial charge in [-0.3, -0.25) is 4.79 Å². The number of amides is 1. The maximum Gasteiger partial charge on any atom is 0.230 e. The molecule has 2 aliphatic rings. The molecule has 4 nitrogen and oxygen atoms in total. The predicted octanol–water partition coefficient (Wildman–Crippen LogP) is 1.53. The van der Waals surface area contributed by atoms with Crippen LogP contribution in [0.4, 0.5) is 0 Å². The third kappa shape index (κ3) is 3.11.